The zero-order chi connectivity index (χ0) is 18.5. The molecule has 0 amide bonds. The minimum Gasteiger partial charge on any atom is -0.457 e. The molecule has 0 aliphatic rings. The van der Waals surface area contributed by atoms with Crippen LogP contribution >= 0.6 is 0 Å². The van der Waals surface area contributed by atoms with Crippen molar-refractivity contribution in [2.24, 2.45) is 0 Å². The van der Waals surface area contributed by atoms with Crippen molar-refractivity contribution in [2.45, 2.75) is 12.7 Å². The van der Waals surface area contributed by atoms with Crippen molar-refractivity contribution < 1.29 is 45.3 Å². The molecule has 25 heavy (non-hydrogen) atoms. The van der Waals surface area contributed by atoms with Crippen LogP contribution in [0.25, 0.3) is 0 Å². The van der Waals surface area contributed by atoms with Gasteiger partial charge in [0.25, 0.3) is 0 Å². The summed E-state index contributed by atoms with van der Waals surface area (Å²) in [6.07, 6.45) is -9.57. The Labute approximate surface area is 137 Å². The van der Waals surface area contributed by atoms with Crippen LogP contribution in [0.5, 0.6) is 23.0 Å². The van der Waals surface area contributed by atoms with E-state index in [1.54, 1.807) is 0 Å². The van der Waals surface area contributed by atoms with E-state index in [4.69, 9.17) is 9.47 Å². The highest BCUT2D eigenvalue weighted by atomic mass is 19.4. The number of hydrogen-bond donors (Lipinski definition) is 0. The Hall–Kier alpha value is -2.78. The van der Waals surface area contributed by atoms with Crippen molar-refractivity contribution in [1.29, 1.82) is 0 Å². The molecule has 0 aliphatic heterocycles. The second kappa shape index (κ2) is 7.41. The molecule has 0 heterocycles. The maximum absolute atomic E-state index is 12.0. The van der Waals surface area contributed by atoms with Crippen LogP contribution in [0.1, 0.15) is 0 Å². The Morgan fingerprint density at radius 2 is 0.800 bits per heavy atom. The molecule has 10 heteroatoms. The average molecular weight is 368 g/mol. The lowest BCUT2D eigenvalue weighted by molar-refractivity contribution is -0.275. The van der Waals surface area contributed by atoms with E-state index in [-0.39, 0.29) is 18.3 Å². The smallest absolute Gasteiger partial charge is 0.457 e. The first kappa shape index (κ1) is 18.6. The highest BCUT2D eigenvalue weighted by Crippen LogP contribution is 2.26. The quantitative estimate of drug-likeness (QED) is 0.537. The third-order valence-electron chi connectivity index (χ3n) is 2.57. The third-order valence-corrected chi connectivity index (χ3v) is 2.57. The molecule has 0 fully saturated rings. The molecule has 2 aromatic rings. The minimum absolute atomic E-state index is 0.214. The van der Waals surface area contributed by atoms with Gasteiger partial charge in [-0.2, -0.15) is 0 Å². The van der Waals surface area contributed by atoms with E-state index < -0.39 is 24.2 Å². The first-order chi connectivity index (χ1) is 11.6. The van der Waals surface area contributed by atoms with Crippen LogP contribution in [-0.2, 0) is 0 Å². The van der Waals surface area contributed by atoms with Gasteiger partial charge >= 0.3 is 12.7 Å². The van der Waals surface area contributed by atoms with Crippen molar-refractivity contribution >= 4 is 0 Å². The summed E-state index contributed by atoms with van der Waals surface area (Å²) < 4.78 is 89.7. The Kier molecular flexibility index (Phi) is 5.50. The number of rotatable bonds is 6. The van der Waals surface area contributed by atoms with E-state index in [1.165, 1.54) is 24.3 Å². The van der Waals surface area contributed by atoms with Crippen LogP contribution in [0, 0.1) is 0 Å². The molecule has 0 aliphatic carbocycles. The fraction of sp³-hybridized carbons (Fsp3) is 0.200. The van der Waals surface area contributed by atoms with Crippen LogP contribution in [0.15, 0.2) is 48.5 Å². The third kappa shape index (κ3) is 7.10. The molecule has 0 aromatic heterocycles. The summed E-state index contributed by atoms with van der Waals surface area (Å²) in [7, 11) is 0. The average Bonchev–Trinajstić information content (AvgIpc) is 2.48. The van der Waals surface area contributed by atoms with Gasteiger partial charge in [0.05, 0.1) is 0 Å². The second-order valence-electron chi connectivity index (χ2n) is 4.44. The lowest BCUT2D eigenvalue weighted by Gasteiger charge is -2.11. The van der Waals surface area contributed by atoms with E-state index >= 15 is 0 Å². The lowest BCUT2D eigenvalue weighted by atomic mass is 10.3. The Balaban J connectivity index is 1.80. The zero-order valence-corrected chi connectivity index (χ0v) is 12.2. The van der Waals surface area contributed by atoms with E-state index in [0.717, 1.165) is 24.3 Å². The predicted molar refractivity (Wildman–Crippen MR) is 72.4 cm³/mol. The molecule has 0 saturated carbocycles. The molecule has 0 saturated heterocycles. The number of benzene rings is 2. The van der Waals surface area contributed by atoms with Gasteiger partial charge in [0.2, 0.25) is 6.79 Å². The fourth-order valence-electron chi connectivity index (χ4n) is 1.64. The SMILES string of the molecule is FC(F)(F)Oc1ccc(OCOc2ccc(OC(F)(F)F)cc2)cc1. The molecule has 2 aromatic carbocycles. The van der Waals surface area contributed by atoms with E-state index in [9.17, 15) is 26.3 Å². The summed E-state index contributed by atoms with van der Waals surface area (Å²) in [6, 6.07) is 9.21. The molecular weight excluding hydrogens is 358 g/mol. The maximum Gasteiger partial charge on any atom is 0.573 e. The van der Waals surface area contributed by atoms with Gasteiger partial charge in [0, 0.05) is 0 Å². The Morgan fingerprint density at radius 1 is 0.520 bits per heavy atom. The largest absolute Gasteiger partial charge is 0.573 e. The first-order valence-electron chi connectivity index (χ1n) is 6.58. The van der Waals surface area contributed by atoms with E-state index in [0.29, 0.717) is 0 Å². The Bertz CT molecular complexity index is 605. The standard InChI is InChI=1S/C15H10F6O4/c16-14(17,18)24-12-5-1-10(2-6-12)22-9-23-11-3-7-13(8-4-11)25-15(19,20)21/h1-8H,9H2. The summed E-state index contributed by atoms with van der Waals surface area (Å²) >= 11 is 0. The first-order valence-corrected chi connectivity index (χ1v) is 6.58. The van der Waals surface area contributed by atoms with Crippen LogP contribution in [-0.4, -0.2) is 19.5 Å². The molecule has 2 rings (SSSR count). The van der Waals surface area contributed by atoms with Gasteiger partial charge in [-0.05, 0) is 48.5 Å². The molecular formula is C15H10F6O4. The van der Waals surface area contributed by atoms with Gasteiger partial charge in [-0.3, -0.25) is 0 Å². The predicted octanol–water partition coefficient (Wildman–Crippen LogP) is 4.90. The summed E-state index contributed by atoms with van der Waals surface area (Å²) in [5.74, 6) is -0.375. The van der Waals surface area contributed by atoms with Crippen molar-refractivity contribution in [2.75, 3.05) is 6.79 Å². The molecule has 0 N–H and O–H groups in total. The topological polar surface area (TPSA) is 36.9 Å². The van der Waals surface area contributed by atoms with Gasteiger partial charge in [-0.15, -0.1) is 26.3 Å². The van der Waals surface area contributed by atoms with E-state index in [2.05, 4.69) is 9.47 Å². The normalized spacial score (nSPS) is 11.8. The van der Waals surface area contributed by atoms with Crippen molar-refractivity contribution in [3.05, 3.63) is 48.5 Å². The highest BCUT2D eigenvalue weighted by molar-refractivity contribution is 5.32. The number of hydrogen-bond acceptors (Lipinski definition) is 4. The summed E-state index contributed by atoms with van der Waals surface area (Å²) in [4.78, 5) is 0. The van der Waals surface area contributed by atoms with Gasteiger partial charge in [0.15, 0.2) is 0 Å². The monoisotopic (exact) mass is 368 g/mol. The van der Waals surface area contributed by atoms with Crippen molar-refractivity contribution in [3.63, 3.8) is 0 Å². The second-order valence-corrected chi connectivity index (χ2v) is 4.44. The molecule has 0 atom stereocenters. The van der Waals surface area contributed by atoms with Gasteiger partial charge in [-0.25, -0.2) is 0 Å². The molecule has 4 nitrogen and oxygen atoms in total. The van der Waals surface area contributed by atoms with E-state index in [1.807, 2.05) is 0 Å². The molecule has 0 bridgehead atoms. The summed E-state index contributed by atoms with van der Waals surface area (Å²) in [5.41, 5.74) is 0. The number of alkyl halides is 6. The zero-order valence-electron chi connectivity index (χ0n) is 12.2. The van der Waals surface area contributed by atoms with Gasteiger partial charge < -0.3 is 18.9 Å². The molecule has 136 valence electrons. The van der Waals surface area contributed by atoms with Crippen LogP contribution in [0.3, 0.4) is 0 Å². The number of halogens is 6. The molecule has 0 radical (unpaired) electrons. The number of ether oxygens (including phenoxy) is 4. The fourth-order valence-corrected chi connectivity index (χ4v) is 1.64. The maximum atomic E-state index is 12.0. The van der Waals surface area contributed by atoms with Crippen molar-refractivity contribution in [3.8, 4) is 23.0 Å². The van der Waals surface area contributed by atoms with Gasteiger partial charge in [0.1, 0.15) is 23.0 Å². The lowest BCUT2D eigenvalue weighted by Crippen LogP contribution is -2.17. The van der Waals surface area contributed by atoms with Crippen LogP contribution in [0.4, 0.5) is 26.3 Å². The minimum atomic E-state index is -4.78. The van der Waals surface area contributed by atoms with Crippen molar-refractivity contribution in [1.82, 2.24) is 0 Å². The highest BCUT2D eigenvalue weighted by Gasteiger charge is 2.31. The summed E-state index contributed by atoms with van der Waals surface area (Å²) in [6.45, 7) is -0.307. The van der Waals surface area contributed by atoms with Crippen LogP contribution in [0.2, 0.25) is 0 Å². The Morgan fingerprint density at radius 3 is 1.08 bits per heavy atom. The summed E-state index contributed by atoms with van der Waals surface area (Å²) in [5, 5.41) is 0. The van der Waals surface area contributed by atoms with Crippen LogP contribution < -0.4 is 18.9 Å². The van der Waals surface area contributed by atoms with Gasteiger partial charge in [-0.1, -0.05) is 0 Å². The molecule has 0 spiro atoms. The molecule has 0 unspecified atom stereocenters.